The number of hydrogen-bond acceptors (Lipinski definition) is 8. The zero-order chi connectivity index (χ0) is 14.3. The molecule has 0 saturated carbocycles. The molecule has 0 bridgehead atoms. The van der Waals surface area contributed by atoms with Crippen LogP contribution >= 0.6 is 15.6 Å². The minimum atomic E-state index is -5.05. The van der Waals surface area contributed by atoms with Gasteiger partial charge in [0.25, 0.3) is 0 Å². The van der Waals surface area contributed by atoms with Crippen molar-refractivity contribution < 1.29 is 84.8 Å². The zero-order valence-electron chi connectivity index (χ0n) is 9.06. The molecule has 0 aliphatic heterocycles. The Hall–Kier alpha value is 1.09. The molecule has 0 aromatic heterocycles. The maximum absolute atomic E-state index is 9.63. The van der Waals surface area contributed by atoms with Gasteiger partial charge in [-0.05, 0) is 6.92 Å². The second-order valence-corrected chi connectivity index (χ2v) is 5.51. The number of hydrogen-bond donors (Lipinski definition) is 4. The first-order valence-corrected chi connectivity index (χ1v) is 7.75. The molecular formula is C2H9NaO12P2S. The summed E-state index contributed by atoms with van der Waals surface area (Å²) in [7, 11) is -14.8. The quantitative estimate of drug-likeness (QED) is 0.0935. The molecule has 0 aliphatic carbocycles. The maximum atomic E-state index is 9.63. The van der Waals surface area contributed by atoms with Crippen LogP contribution in [0.2, 0.25) is 0 Å². The molecule has 0 aromatic rings. The van der Waals surface area contributed by atoms with Crippen molar-refractivity contribution in [2.45, 2.75) is 6.92 Å². The Labute approximate surface area is 124 Å². The molecule has 4 N–H and O–H groups in total. The summed E-state index contributed by atoms with van der Waals surface area (Å²) in [6.45, 7) is 1.52. The first-order chi connectivity index (χ1) is 7.27. The predicted octanol–water partition coefficient (Wildman–Crippen LogP) is -4.39. The third-order valence-electron chi connectivity index (χ3n) is 0.462. The Morgan fingerprint density at radius 1 is 1.11 bits per heavy atom. The molecule has 0 amide bonds. The Balaban J connectivity index is -0.000000238. The molecule has 0 saturated heterocycles. The van der Waals surface area contributed by atoms with Crippen LogP contribution < -0.4 is 29.6 Å². The van der Waals surface area contributed by atoms with Gasteiger partial charge in [0, 0.05) is 0 Å². The van der Waals surface area contributed by atoms with Crippen LogP contribution in [-0.2, 0) is 33.1 Å². The van der Waals surface area contributed by atoms with E-state index in [-0.39, 0.29) is 36.2 Å². The molecule has 0 fully saturated rings. The van der Waals surface area contributed by atoms with E-state index in [9.17, 15) is 22.1 Å². The molecule has 0 atom stereocenters. The van der Waals surface area contributed by atoms with Crippen LogP contribution in [0.25, 0.3) is 0 Å². The summed E-state index contributed by atoms with van der Waals surface area (Å²) in [6.07, 6.45) is 0. The third-order valence-corrected chi connectivity index (χ3v) is 2.43. The fraction of sp³-hybridized carbons (Fsp3) is 1.00. The second kappa shape index (κ2) is 9.91. The van der Waals surface area contributed by atoms with E-state index in [0.717, 1.165) is 0 Å². The van der Waals surface area contributed by atoms with Crippen molar-refractivity contribution in [1.29, 1.82) is 0 Å². The fourth-order valence-corrected chi connectivity index (χ4v) is 1.57. The van der Waals surface area contributed by atoms with Crippen molar-refractivity contribution in [3.63, 3.8) is 0 Å². The molecule has 18 heavy (non-hydrogen) atoms. The van der Waals surface area contributed by atoms with Crippen molar-refractivity contribution in [1.82, 2.24) is 0 Å². The molecule has 106 valence electrons. The van der Waals surface area contributed by atoms with Crippen LogP contribution in [-0.4, -0.2) is 39.2 Å². The van der Waals surface area contributed by atoms with Crippen LogP contribution in [0.5, 0.6) is 0 Å². The Morgan fingerprint density at radius 3 is 1.50 bits per heavy atom. The Morgan fingerprint density at radius 2 is 1.44 bits per heavy atom. The van der Waals surface area contributed by atoms with Gasteiger partial charge in [-0.1, -0.05) is 0 Å². The average Bonchev–Trinajstić information content (AvgIpc) is 1.93. The third kappa shape index (κ3) is 30.3. The van der Waals surface area contributed by atoms with Crippen LogP contribution in [0.1, 0.15) is 6.92 Å². The summed E-state index contributed by atoms with van der Waals surface area (Å²) in [5.74, 6) is 0. The van der Waals surface area contributed by atoms with Crippen molar-refractivity contribution in [3.8, 4) is 0 Å². The van der Waals surface area contributed by atoms with E-state index in [1.165, 1.54) is 6.92 Å². The molecule has 0 rings (SSSR count). The molecule has 0 radical (unpaired) electrons. The van der Waals surface area contributed by atoms with Crippen LogP contribution in [0.15, 0.2) is 0 Å². The maximum Gasteiger partial charge on any atom is 1.00 e. The minimum Gasteiger partial charge on any atom is -0.724 e. The van der Waals surface area contributed by atoms with Gasteiger partial charge < -0.3 is 24.1 Å². The molecule has 0 aromatic carbocycles. The summed E-state index contributed by atoms with van der Waals surface area (Å²) >= 11 is 0. The van der Waals surface area contributed by atoms with E-state index in [0.29, 0.717) is 0 Å². The van der Waals surface area contributed by atoms with Gasteiger partial charge in [-0.25, -0.2) is 22.4 Å². The van der Waals surface area contributed by atoms with E-state index in [1.807, 2.05) is 0 Å². The molecule has 0 aliphatic rings. The monoisotopic (exact) mass is 342 g/mol. The van der Waals surface area contributed by atoms with Gasteiger partial charge in [-0.2, -0.15) is 4.31 Å². The van der Waals surface area contributed by atoms with E-state index >= 15 is 0 Å². The summed E-state index contributed by atoms with van der Waals surface area (Å²) < 4.78 is 54.0. The average molecular weight is 342 g/mol. The van der Waals surface area contributed by atoms with Gasteiger partial charge in [0.05, 0.1) is 6.61 Å². The predicted molar refractivity (Wildman–Crippen MR) is 47.6 cm³/mol. The molecule has 0 unspecified atom stereocenters. The van der Waals surface area contributed by atoms with Gasteiger partial charge in [0.1, 0.15) is 0 Å². The fourth-order valence-electron chi connectivity index (χ4n) is 0.246. The Bertz CT molecular complexity index is 370. The molecule has 16 heteroatoms. The van der Waals surface area contributed by atoms with Gasteiger partial charge >= 0.3 is 45.2 Å². The summed E-state index contributed by atoms with van der Waals surface area (Å²) in [4.78, 5) is 34.8. The van der Waals surface area contributed by atoms with Crippen LogP contribution in [0, 0.1) is 0 Å². The summed E-state index contributed by atoms with van der Waals surface area (Å²) in [5.41, 5.74) is 0. The van der Waals surface area contributed by atoms with Crippen molar-refractivity contribution in [3.05, 3.63) is 0 Å². The second-order valence-electron chi connectivity index (χ2n) is 1.95. The Kier molecular flexibility index (Phi) is 13.3. The summed E-state index contributed by atoms with van der Waals surface area (Å²) in [6, 6.07) is 0. The van der Waals surface area contributed by atoms with E-state index in [1.54, 1.807) is 0 Å². The minimum absolute atomic E-state index is 0. The number of phosphoric acid groups is 2. The van der Waals surface area contributed by atoms with Gasteiger partial charge in [-0.3, -0.25) is 0 Å². The molecule has 0 heterocycles. The van der Waals surface area contributed by atoms with Crippen molar-refractivity contribution in [2.75, 3.05) is 6.61 Å². The van der Waals surface area contributed by atoms with Crippen LogP contribution in [0.3, 0.4) is 0 Å². The number of rotatable bonds is 5. The molecular weight excluding hydrogens is 333 g/mol. The molecule has 12 nitrogen and oxygen atoms in total. The van der Waals surface area contributed by atoms with Crippen molar-refractivity contribution in [2.24, 2.45) is 0 Å². The zero-order valence-corrected chi connectivity index (χ0v) is 13.7. The molecule has 0 spiro atoms. The van der Waals surface area contributed by atoms with E-state index in [2.05, 4.69) is 13.5 Å². The standard InChI is InChI=1S/C2H6O5S.Na.H4O7P2/c1-2-6-7-8(3,4)5;;1-8(2,3)7-9(4,5)6/h2H2,1H3,(H,3,4,5);;(H2,1,2,3)(H2,4,5,6)/q;+1;/p-1. The first kappa shape index (κ1) is 24.1. The SMILES string of the molecule is CCOOS(=O)(=O)[O-].O=P(O)(O)OP(=O)(O)O.[Na+]. The topological polar surface area (TPSA) is 200 Å². The largest absolute Gasteiger partial charge is 1.00 e. The van der Waals surface area contributed by atoms with Gasteiger partial charge in [0.15, 0.2) is 0 Å². The smallest absolute Gasteiger partial charge is 0.724 e. The van der Waals surface area contributed by atoms with Gasteiger partial charge in [-0.15, -0.1) is 4.33 Å². The van der Waals surface area contributed by atoms with Crippen LogP contribution in [0.4, 0.5) is 0 Å². The normalized spacial score (nSPS) is 12.1. The van der Waals surface area contributed by atoms with Gasteiger partial charge in [0.2, 0.25) is 10.4 Å². The summed E-state index contributed by atoms with van der Waals surface area (Å²) in [5, 5.41) is 0. The van der Waals surface area contributed by atoms with E-state index < -0.39 is 26.0 Å². The van der Waals surface area contributed by atoms with Crippen molar-refractivity contribution >= 4 is 26.0 Å². The first-order valence-electron chi connectivity index (χ1n) is 3.36. The van der Waals surface area contributed by atoms with E-state index in [4.69, 9.17) is 19.6 Å².